The number of likely N-dealkylation sites (tertiary alicyclic amines) is 1. The summed E-state index contributed by atoms with van der Waals surface area (Å²) < 4.78 is 0. The van der Waals surface area contributed by atoms with Gasteiger partial charge in [-0.05, 0) is 37.3 Å². The molecule has 0 unspecified atom stereocenters. The van der Waals surface area contributed by atoms with Gasteiger partial charge in [-0.1, -0.05) is 55.5 Å². The molecular formula is C22H28N4O2S. The Bertz CT molecular complexity index is 838. The van der Waals surface area contributed by atoms with Gasteiger partial charge in [-0.25, -0.2) is 0 Å². The normalized spacial score (nSPS) is 15.2. The fourth-order valence-corrected chi connectivity index (χ4v) is 4.51. The quantitative estimate of drug-likeness (QED) is 0.687. The molecular weight excluding hydrogens is 384 g/mol. The van der Waals surface area contributed by atoms with Gasteiger partial charge in [0.25, 0.3) is 0 Å². The van der Waals surface area contributed by atoms with Gasteiger partial charge < -0.3 is 10.2 Å². The molecule has 0 radical (unpaired) electrons. The summed E-state index contributed by atoms with van der Waals surface area (Å²) in [5, 5.41) is 12.8. The molecule has 2 aromatic rings. The first kappa shape index (κ1) is 21.2. The van der Waals surface area contributed by atoms with E-state index in [2.05, 4.69) is 29.4 Å². The summed E-state index contributed by atoms with van der Waals surface area (Å²) in [5.74, 6) is 0.268. The zero-order valence-corrected chi connectivity index (χ0v) is 17.8. The summed E-state index contributed by atoms with van der Waals surface area (Å²) in [5.41, 5.74) is 1.000. The number of nitrogens with one attached hydrogen (secondary N) is 1. The lowest BCUT2D eigenvalue weighted by Gasteiger charge is -2.30. The molecule has 7 heteroatoms. The van der Waals surface area contributed by atoms with Gasteiger partial charge in [0.15, 0.2) is 0 Å². The molecule has 2 amide bonds. The number of hydrogen-bond donors (Lipinski definition) is 1. The minimum absolute atomic E-state index is 0.00773. The Balaban J connectivity index is 1.48. The molecule has 154 valence electrons. The minimum atomic E-state index is -0.0994. The summed E-state index contributed by atoms with van der Waals surface area (Å²) in [4.78, 5) is 26.8. The number of carbonyl (C=O) groups excluding carboxylic acids is 2. The van der Waals surface area contributed by atoms with Crippen molar-refractivity contribution in [1.29, 1.82) is 0 Å². The van der Waals surface area contributed by atoms with Crippen LogP contribution in [0.4, 0.5) is 5.13 Å². The predicted octanol–water partition coefficient (Wildman–Crippen LogP) is 4.33. The molecule has 0 bridgehead atoms. The van der Waals surface area contributed by atoms with E-state index in [0.717, 1.165) is 23.4 Å². The second kappa shape index (κ2) is 10.3. The minimum Gasteiger partial charge on any atom is -0.339 e. The number of aromatic nitrogens is 2. The fourth-order valence-electron chi connectivity index (χ4n) is 3.49. The molecule has 1 aromatic carbocycles. The first-order chi connectivity index (χ1) is 14.1. The Kier molecular flexibility index (Phi) is 7.52. The number of anilines is 1. The lowest BCUT2D eigenvalue weighted by Crippen LogP contribution is -2.40. The number of carbonyl (C=O) groups is 2. The molecule has 1 aliphatic rings. The van der Waals surface area contributed by atoms with Crippen molar-refractivity contribution in [2.75, 3.05) is 18.4 Å². The number of hydrogen-bond acceptors (Lipinski definition) is 5. The summed E-state index contributed by atoms with van der Waals surface area (Å²) in [6, 6.07) is 9.76. The maximum atomic E-state index is 12.6. The van der Waals surface area contributed by atoms with Gasteiger partial charge in [-0.2, -0.15) is 0 Å². The van der Waals surface area contributed by atoms with Gasteiger partial charge in [0.1, 0.15) is 5.01 Å². The zero-order valence-electron chi connectivity index (χ0n) is 17.0. The van der Waals surface area contributed by atoms with E-state index >= 15 is 0 Å². The Morgan fingerprint density at radius 2 is 1.86 bits per heavy atom. The monoisotopic (exact) mass is 412 g/mol. The molecule has 3 rings (SSSR count). The molecule has 1 aliphatic heterocycles. The highest BCUT2D eigenvalue weighted by molar-refractivity contribution is 7.15. The third-order valence-electron chi connectivity index (χ3n) is 5.40. The molecule has 1 N–H and O–H groups in total. The highest BCUT2D eigenvalue weighted by atomic mass is 32.1. The molecule has 0 aliphatic carbocycles. The van der Waals surface area contributed by atoms with Crippen LogP contribution in [0.1, 0.15) is 56.0 Å². The van der Waals surface area contributed by atoms with E-state index < -0.39 is 0 Å². The summed E-state index contributed by atoms with van der Waals surface area (Å²) >= 11 is 1.46. The lowest BCUT2D eigenvalue weighted by molar-refractivity contribution is -0.130. The second-order valence-corrected chi connectivity index (χ2v) is 8.30. The van der Waals surface area contributed by atoms with Crippen LogP contribution in [0.15, 0.2) is 36.4 Å². The Morgan fingerprint density at radius 1 is 1.17 bits per heavy atom. The van der Waals surface area contributed by atoms with Crippen molar-refractivity contribution in [3.8, 4) is 0 Å². The van der Waals surface area contributed by atoms with Gasteiger partial charge in [0, 0.05) is 31.0 Å². The third kappa shape index (κ3) is 5.73. The Labute approximate surface area is 176 Å². The van der Waals surface area contributed by atoms with Crippen molar-refractivity contribution in [2.24, 2.45) is 5.92 Å². The maximum absolute atomic E-state index is 12.6. The third-order valence-corrected chi connectivity index (χ3v) is 6.40. The summed E-state index contributed by atoms with van der Waals surface area (Å²) in [6.07, 6.45) is 6.79. The van der Waals surface area contributed by atoms with Crippen molar-refractivity contribution in [3.63, 3.8) is 0 Å². The van der Waals surface area contributed by atoms with Crippen LogP contribution < -0.4 is 5.32 Å². The topological polar surface area (TPSA) is 75.2 Å². The van der Waals surface area contributed by atoms with Gasteiger partial charge in [0.2, 0.25) is 16.9 Å². The number of amides is 2. The van der Waals surface area contributed by atoms with Crippen LogP contribution in [-0.4, -0.2) is 40.0 Å². The SMILES string of the molecule is CCC(CC)c1nnc(NC(=O)C2CCN(C(=O)C=Cc3ccccc3)CC2)s1. The highest BCUT2D eigenvalue weighted by Gasteiger charge is 2.27. The second-order valence-electron chi connectivity index (χ2n) is 7.29. The molecule has 2 heterocycles. The van der Waals surface area contributed by atoms with E-state index in [4.69, 9.17) is 0 Å². The number of rotatable bonds is 7. The number of benzene rings is 1. The van der Waals surface area contributed by atoms with Crippen LogP contribution in [0, 0.1) is 5.92 Å². The van der Waals surface area contributed by atoms with E-state index in [0.29, 0.717) is 37.0 Å². The summed E-state index contributed by atoms with van der Waals surface area (Å²) in [7, 11) is 0. The van der Waals surface area contributed by atoms with Crippen LogP contribution >= 0.6 is 11.3 Å². The van der Waals surface area contributed by atoms with Gasteiger partial charge in [-0.15, -0.1) is 10.2 Å². The van der Waals surface area contributed by atoms with Crippen molar-refractivity contribution in [2.45, 2.75) is 45.4 Å². The van der Waals surface area contributed by atoms with Crippen LogP contribution in [0.3, 0.4) is 0 Å². The van der Waals surface area contributed by atoms with Crippen molar-refractivity contribution in [3.05, 3.63) is 47.0 Å². The van der Waals surface area contributed by atoms with E-state index in [9.17, 15) is 9.59 Å². The fraction of sp³-hybridized carbons (Fsp3) is 0.455. The summed E-state index contributed by atoms with van der Waals surface area (Å²) in [6.45, 7) is 5.45. The predicted molar refractivity (Wildman–Crippen MR) is 117 cm³/mol. The van der Waals surface area contributed by atoms with E-state index in [1.54, 1.807) is 11.0 Å². The van der Waals surface area contributed by atoms with E-state index in [-0.39, 0.29) is 17.7 Å². The molecule has 1 saturated heterocycles. The molecule has 6 nitrogen and oxygen atoms in total. The maximum Gasteiger partial charge on any atom is 0.246 e. The molecule has 0 spiro atoms. The smallest absolute Gasteiger partial charge is 0.246 e. The average molecular weight is 413 g/mol. The number of piperidine rings is 1. The van der Waals surface area contributed by atoms with Crippen LogP contribution in [-0.2, 0) is 9.59 Å². The Morgan fingerprint density at radius 3 is 2.52 bits per heavy atom. The first-order valence-corrected chi connectivity index (χ1v) is 11.1. The van der Waals surface area contributed by atoms with Crippen molar-refractivity contribution in [1.82, 2.24) is 15.1 Å². The largest absolute Gasteiger partial charge is 0.339 e. The number of nitrogens with zero attached hydrogens (tertiary/aromatic N) is 3. The van der Waals surface area contributed by atoms with Gasteiger partial charge in [-0.3, -0.25) is 9.59 Å². The standard InChI is InChI=1S/C22H28N4O2S/c1-3-17(4-2)21-24-25-22(29-21)23-20(28)18-12-14-26(15-13-18)19(27)11-10-16-8-6-5-7-9-16/h5-11,17-18H,3-4,12-15H2,1-2H3,(H,23,25,28). The van der Waals surface area contributed by atoms with Crippen molar-refractivity contribution < 1.29 is 9.59 Å². The molecule has 0 atom stereocenters. The van der Waals surface area contributed by atoms with Crippen LogP contribution in [0.25, 0.3) is 6.08 Å². The van der Waals surface area contributed by atoms with E-state index in [1.165, 1.54) is 11.3 Å². The average Bonchev–Trinajstić information content (AvgIpc) is 3.22. The zero-order chi connectivity index (χ0) is 20.6. The van der Waals surface area contributed by atoms with Gasteiger partial charge >= 0.3 is 0 Å². The Hall–Kier alpha value is -2.54. The van der Waals surface area contributed by atoms with E-state index in [1.807, 2.05) is 36.4 Å². The highest BCUT2D eigenvalue weighted by Crippen LogP contribution is 2.29. The van der Waals surface area contributed by atoms with Crippen LogP contribution in [0.5, 0.6) is 0 Å². The van der Waals surface area contributed by atoms with Gasteiger partial charge in [0.05, 0.1) is 0 Å². The van der Waals surface area contributed by atoms with Crippen molar-refractivity contribution >= 4 is 34.4 Å². The molecule has 1 aromatic heterocycles. The lowest BCUT2D eigenvalue weighted by atomic mass is 9.96. The first-order valence-electron chi connectivity index (χ1n) is 10.3. The molecule has 1 fully saturated rings. The molecule has 29 heavy (non-hydrogen) atoms. The molecule has 0 saturated carbocycles. The van der Waals surface area contributed by atoms with Crippen LogP contribution in [0.2, 0.25) is 0 Å².